The van der Waals surface area contributed by atoms with Crippen molar-refractivity contribution >= 4 is 15.9 Å². The van der Waals surface area contributed by atoms with Crippen molar-refractivity contribution in [2.45, 2.75) is 51.3 Å². The molecule has 0 bridgehead atoms. The SMILES string of the molecule is CC1(C)O[C@H](CBr)C[C@H](CCOCc2ccccc2)O1. The van der Waals surface area contributed by atoms with Crippen molar-refractivity contribution in [1.82, 2.24) is 0 Å². The third-order valence-corrected chi connectivity index (χ3v) is 4.02. The molecule has 0 saturated carbocycles. The van der Waals surface area contributed by atoms with Crippen molar-refractivity contribution in [2.24, 2.45) is 0 Å². The lowest BCUT2D eigenvalue weighted by Gasteiger charge is -2.40. The van der Waals surface area contributed by atoms with Gasteiger partial charge in [0, 0.05) is 18.4 Å². The summed E-state index contributed by atoms with van der Waals surface area (Å²) < 4.78 is 17.5. The second kappa shape index (κ2) is 7.55. The molecule has 0 N–H and O–H groups in total. The zero-order valence-corrected chi connectivity index (χ0v) is 13.8. The quantitative estimate of drug-likeness (QED) is 0.579. The topological polar surface area (TPSA) is 27.7 Å². The van der Waals surface area contributed by atoms with Crippen LogP contribution >= 0.6 is 15.9 Å². The summed E-state index contributed by atoms with van der Waals surface area (Å²) in [6, 6.07) is 10.2. The molecule has 2 atom stereocenters. The summed E-state index contributed by atoms with van der Waals surface area (Å²) in [7, 11) is 0. The Balaban J connectivity index is 1.71. The minimum atomic E-state index is -0.499. The molecule has 1 heterocycles. The van der Waals surface area contributed by atoms with Gasteiger partial charge in [-0.15, -0.1) is 0 Å². The van der Waals surface area contributed by atoms with Gasteiger partial charge in [0.05, 0.1) is 18.8 Å². The van der Waals surface area contributed by atoms with Gasteiger partial charge in [-0.2, -0.15) is 0 Å². The smallest absolute Gasteiger partial charge is 0.163 e. The van der Waals surface area contributed by atoms with E-state index in [9.17, 15) is 0 Å². The molecule has 0 aromatic heterocycles. The van der Waals surface area contributed by atoms with Crippen LogP contribution in [0.1, 0.15) is 32.3 Å². The number of ether oxygens (including phenoxy) is 3. The van der Waals surface area contributed by atoms with E-state index in [1.807, 2.05) is 32.0 Å². The standard InChI is InChI=1S/C16H23BrO3/c1-16(2)19-14(10-15(11-17)20-16)8-9-18-12-13-6-4-3-5-7-13/h3-7,14-15H,8-12H2,1-2H3/t14-,15-/m0/s1. The lowest BCUT2D eigenvalue weighted by molar-refractivity contribution is -0.296. The lowest BCUT2D eigenvalue weighted by Crippen LogP contribution is -2.45. The summed E-state index contributed by atoms with van der Waals surface area (Å²) in [6.45, 7) is 5.32. The van der Waals surface area contributed by atoms with Crippen LogP contribution in [0.25, 0.3) is 0 Å². The molecule has 4 heteroatoms. The summed E-state index contributed by atoms with van der Waals surface area (Å²) in [4.78, 5) is 0. The fourth-order valence-corrected chi connectivity index (χ4v) is 2.87. The highest BCUT2D eigenvalue weighted by Gasteiger charge is 2.34. The molecule has 0 amide bonds. The van der Waals surface area contributed by atoms with Crippen LogP contribution in [0.2, 0.25) is 0 Å². The molecule has 1 aliphatic rings. The van der Waals surface area contributed by atoms with Gasteiger partial charge in [0.1, 0.15) is 0 Å². The Kier molecular flexibility index (Phi) is 6.02. The van der Waals surface area contributed by atoms with Crippen LogP contribution in [0.4, 0.5) is 0 Å². The zero-order valence-electron chi connectivity index (χ0n) is 12.2. The molecule has 1 fully saturated rings. The highest BCUT2D eigenvalue weighted by molar-refractivity contribution is 9.09. The van der Waals surface area contributed by atoms with E-state index in [2.05, 4.69) is 28.1 Å². The number of rotatable bonds is 6. The van der Waals surface area contributed by atoms with Crippen molar-refractivity contribution < 1.29 is 14.2 Å². The van der Waals surface area contributed by atoms with E-state index in [-0.39, 0.29) is 12.2 Å². The van der Waals surface area contributed by atoms with Gasteiger partial charge in [0.2, 0.25) is 0 Å². The molecule has 0 radical (unpaired) electrons. The van der Waals surface area contributed by atoms with Gasteiger partial charge in [0.25, 0.3) is 0 Å². The normalized spacial score (nSPS) is 25.6. The maximum atomic E-state index is 5.94. The van der Waals surface area contributed by atoms with Gasteiger partial charge in [0.15, 0.2) is 5.79 Å². The maximum Gasteiger partial charge on any atom is 0.163 e. The number of benzene rings is 1. The molecule has 0 spiro atoms. The Hall–Kier alpha value is -0.420. The van der Waals surface area contributed by atoms with Gasteiger partial charge < -0.3 is 14.2 Å². The molecule has 2 rings (SSSR count). The number of halogens is 1. The molecular formula is C16H23BrO3. The summed E-state index contributed by atoms with van der Waals surface area (Å²) in [5, 5.41) is 0.848. The molecule has 3 nitrogen and oxygen atoms in total. The molecule has 0 unspecified atom stereocenters. The Bertz CT molecular complexity index is 394. The Morgan fingerprint density at radius 2 is 1.90 bits per heavy atom. The van der Waals surface area contributed by atoms with Crippen LogP contribution < -0.4 is 0 Å². The number of hydrogen-bond donors (Lipinski definition) is 0. The monoisotopic (exact) mass is 342 g/mol. The van der Waals surface area contributed by atoms with Crippen LogP contribution in [0.5, 0.6) is 0 Å². The molecule has 1 saturated heterocycles. The third kappa shape index (κ3) is 5.17. The van der Waals surface area contributed by atoms with E-state index >= 15 is 0 Å². The van der Waals surface area contributed by atoms with Crippen LogP contribution in [0.3, 0.4) is 0 Å². The van der Waals surface area contributed by atoms with Gasteiger partial charge in [-0.1, -0.05) is 46.3 Å². The first kappa shape index (κ1) is 16.0. The Morgan fingerprint density at radius 1 is 1.20 bits per heavy atom. The highest BCUT2D eigenvalue weighted by atomic mass is 79.9. The Morgan fingerprint density at radius 3 is 2.60 bits per heavy atom. The summed E-state index contributed by atoms with van der Waals surface area (Å²) in [5.74, 6) is -0.499. The molecule has 112 valence electrons. The van der Waals surface area contributed by atoms with Crippen molar-refractivity contribution in [3.63, 3.8) is 0 Å². The predicted molar refractivity (Wildman–Crippen MR) is 83.0 cm³/mol. The van der Waals surface area contributed by atoms with E-state index in [1.165, 1.54) is 5.56 Å². The van der Waals surface area contributed by atoms with Gasteiger partial charge in [-0.05, 0) is 25.8 Å². The first-order chi connectivity index (χ1) is 9.59. The zero-order chi connectivity index (χ0) is 14.4. The summed E-state index contributed by atoms with van der Waals surface area (Å²) in [6.07, 6.45) is 2.25. The van der Waals surface area contributed by atoms with Gasteiger partial charge in [-0.3, -0.25) is 0 Å². The van der Waals surface area contributed by atoms with Crippen LogP contribution in [-0.4, -0.2) is 29.9 Å². The summed E-state index contributed by atoms with van der Waals surface area (Å²) in [5.41, 5.74) is 1.21. The number of alkyl halides is 1. The average Bonchev–Trinajstić information content (AvgIpc) is 2.43. The fraction of sp³-hybridized carbons (Fsp3) is 0.625. The second-order valence-electron chi connectivity index (χ2n) is 5.60. The molecule has 1 aliphatic heterocycles. The van der Waals surface area contributed by atoms with Crippen molar-refractivity contribution in [3.8, 4) is 0 Å². The van der Waals surface area contributed by atoms with E-state index in [4.69, 9.17) is 14.2 Å². The van der Waals surface area contributed by atoms with Crippen LogP contribution in [0, 0.1) is 0 Å². The fourth-order valence-electron chi connectivity index (χ4n) is 2.47. The van der Waals surface area contributed by atoms with E-state index in [1.54, 1.807) is 0 Å². The largest absolute Gasteiger partial charge is 0.377 e. The maximum absolute atomic E-state index is 5.94. The van der Waals surface area contributed by atoms with Crippen molar-refractivity contribution in [3.05, 3.63) is 35.9 Å². The Labute approximate surface area is 129 Å². The first-order valence-corrected chi connectivity index (χ1v) is 8.24. The highest BCUT2D eigenvalue weighted by Crippen LogP contribution is 2.29. The van der Waals surface area contributed by atoms with Crippen molar-refractivity contribution in [2.75, 3.05) is 11.9 Å². The van der Waals surface area contributed by atoms with E-state index in [0.717, 1.165) is 18.2 Å². The third-order valence-electron chi connectivity index (χ3n) is 3.29. The molecule has 1 aromatic rings. The van der Waals surface area contributed by atoms with Gasteiger partial charge in [-0.25, -0.2) is 0 Å². The van der Waals surface area contributed by atoms with Crippen molar-refractivity contribution in [1.29, 1.82) is 0 Å². The average molecular weight is 343 g/mol. The van der Waals surface area contributed by atoms with Gasteiger partial charge >= 0.3 is 0 Å². The van der Waals surface area contributed by atoms with E-state index < -0.39 is 5.79 Å². The lowest BCUT2D eigenvalue weighted by atomic mass is 10.1. The molecule has 0 aliphatic carbocycles. The molecular weight excluding hydrogens is 320 g/mol. The predicted octanol–water partition coefficient (Wildman–Crippen LogP) is 3.90. The number of hydrogen-bond acceptors (Lipinski definition) is 3. The minimum Gasteiger partial charge on any atom is -0.377 e. The molecule has 20 heavy (non-hydrogen) atoms. The van der Waals surface area contributed by atoms with E-state index in [0.29, 0.717) is 13.2 Å². The summed E-state index contributed by atoms with van der Waals surface area (Å²) >= 11 is 3.49. The van der Waals surface area contributed by atoms with Crippen LogP contribution in [-0.2, 0) is 20.8 Å². The second-order valence-corrected chi connectivity index (χ2v) is 6.24. The first-order valence-electron chi connectivity index (χ1n) is 7.12. The molecule has 1 aromatic carbocycles. The minimum absolute atomic E-state index is 0.206. The van der Waals surface area contributed by atoms with Crippen LogP contribution in [0.15, 0.2) is 30.3 Å².